The van der Waals surface area contributed by atoms with Crippen LogP contribution in [0.2, 0.25) is 0 Å². The summed E-state index contributed by atoms with van der Waals surface area (Å²) in [5, 5.41) is 0. The van der Waals surface area contributed by atoms with Crippen molar-refractivity contribution in [3.8, 4) is 0 Å². The fraction of sp³-hybridized carbons (Fsp3) is 0.200. The molecule has 0 aliphatic heterocycles. The Balaban J connectivity index is 2.70. The summed E-state index contributed by atoms with van der Waals surface area (Å²) in [4.78, 5) is 0. The molecule has 0 bridgehead atoms. The number of benzene rings is 2. The smallest absolute Gasteiger partial charge is 0.268 e. The first-order valence-electron chi connectivity index (χ1n) is 7.04. The Labute approximate surface area is 141 Å². The summed E-state index contributed by atoms with van der Waals surface area (Å²) in [5.41, 5.74) is 1.61. The van der Waals surface area contributed by atoms with E-state index in [1.807, 2.05) is 13.0 Å². The predicted molar refractivity (Wildman–Crippen MR) is 90.6 cm³/mol. The second-order valence-corrected chi connectivity index (χ2v) is 7.84. The summed E-state index contributed by atoms with van der Waals surface area (Å²) >= 11 is 0. The molecule has 0 radical (unpaired) electrons. The van der Waals surface area contributed by atoms with Gasteiger partial charge in [0.25, 0.3) is 0 Å². The van der Waals surface area contributed by atoms with E-state index < -0.39 is 20.6 Å². The van der Waals surface area contributed by atoms with Gasteiger partial charge < -0.3 is 0 Å². The highest BCUT2D eigenvalue weighted by molar-refractivity contribution is 8.05. The number of rotatable bonds is 6. The maximum Gasteiger partial charge on any atom is 0.375 e. The van der Waals surface area contributed by atoms with Gasteiger partial charge in [-0.3, -0.25) is 9.11 Å². The molecule has 130 valence electrons. The highest BCUT2D eigenvalue weighted by atomic mass is 32.3. The molecule has 0 amide bonds. The van der Waals surface area contributed by atoms with Crippen LogP contribution < -0.4 is 3.71 Å². The van der Waals surface area contributed by atoms with Crippen molar-refractivity contribution in [1.29, 1.82) is 0 Å². The van der Waals surface area contributed by atoms with Crippen molar-refractivity contribution in [2.45, 2.75) is 19.8 Å². The molecule has 0 aliphatic rings. The molecule has 0 aromatic heterocycles. The van der Waals surface area contributed by atoms with Crippen LogP contribution in [0.25, 0.3) is 0 Å². The molecule has 2 aromatic rings. The van der Waals surface area contributed by atoms with Crippen LogP contribution in [0.15, 0.2) is 48.5 Å². The summed E-state index contributed by atoms with van der Waals surface area (Å²) in [6, 6.07) is 13.4. The quantitative estimate of drug-likeness (QED) is 0.753. The van der Waals surface area contributed by atoms with Crippen molar-refractivity contribution in [2.75, 3.05) is 3.71 Å². The van der Waals surface area contributed by atoms with Gasteiger partial charge >= 0.3 is 20.6 Å². The van der Waals surface area contributed by atoms with Gasteiger partial charge in [-0.1, -0.05) is 49.4 Å². The molecule has 0 unspecified atom stereocenters. The monoisotopic (exact) mass is 371 g/mol. The van der Waals surface area contributed by atoms with E-state index in [2.05, 4.69) is 0 Å². The van der Waals surface area contributed by atoms with Gasteiger partial charge in [-0.05, 0) is 35.6 Å². The zero-order chi connectivity index (χ0) is 18.0. The number of anilines is 1. The van der Waals surface area contributed by atoms with Crippen molar-refractivity contribution in [1.82, 2.24) is 0 Å². The second kappa shape index (κ2) is 6.89. The standard InChI is InChI=1S/C15H17NO6S2/c1-2-13-9-6-10-15(16(23(17,18)19)24(20,21)22)14(13)11-12-7-4-3-5-8-12/h3-10H,2,11H2,1H3,(H,17,18,19)(H,20,21,22). The lowest BCUT2D eigenvalue weighted by Gasteiger charge is -2.22. The molecular formula is C15H17NO6S2. The Morgan fingerprint density at radius 2 is 1.46 bits per heavy atom. The molecule has 2 aromatic carbocycles. The second-order valence-electron chi connectivity index (χ2n) is 5.08. The van der Waals surface area contributed by atoms with Crippen molar-refractivity contribution >= 4 is 26.3 Å². The third kappa shape index (κ3) is 4.12. The van der Waals surface area contributed by atoms with Crippen LogP contribution in [-0.4, -0.2) is 25.9 Å². The third-order valence-electron chi connectivity index (χ3n) is 3.47. The number of nitrogens with zero attached hydrogens (tertiary/aromatic N) is 1. The molecule has 0 heterocycles. The van der Waals surface area contributed by atoms with Gasteiger partial charge in [0, 0.05) is 0 Å². The van der Waals surface area contributed by atoms with Crippen LogP contribution in [-0.2, 0) is 33.4 Å². The Bertz CT molecular complexity index is 892. The van der Waals surface area contributed by atoms with Gasteiger partial charge in [0.15, 0.2) is 0 Å². The zero-order valence-electron chi connectivity index (χ0n) is 12.8. The van der Waals surface area contributed by atoms with E-state index in [9.17, 15) is 25.9 Å². The van der Waals surface area contributed by atoms with Crippen molar-refractivity contribution in [2.24, 2.45) is 0 Å². The van der Waals surface area contributed by atoms with E-state index in [0.29, 0.717) is 17.5 Å². The predicted octanol–water partition coefficient (Wildman–Crippen LogP) is 2.25. The normalized spacial score (nSPS) is 12.1. The fourth-order valence-electron chi connectivity index (χ4n) is 2.50. The summed E-state index contributed by atoms with van der Waals surface area (Å²) in [5.74, 6) is 0. The Kier molecular flexibility index (Phi) is 5.29. The molecule has 0 spiro atoms. The first-order chi connectivity index (χ1) is 11.1. The Morgan fingerprint density at radius 1 is 0.875 bits per heavy atom. The molecule has 0 saturated carbocycles. The largest absolute Gasteiger partial charge is 0.375 e. The highest BCUT2D eigenvalue weighted by Gasteiger charge is 2.33. The molecule has 0 aliphatic carbocycles. The minimum Gasteiger partial charge on any atom is -0.268 e. The van der Waals surface area contributed by atoms with Crippen LogP contribution in [0.1, 0.15) is 23.6 Å². The van der Waals surface area contributed by atoms with Gasteiger partial charge in [-0.15, -0.1) is 3.71 Å². The minimum absolute atomic E-state index is 0.238. The maximum absolute atomic E-state index is 11.5. The van der Waals surface area contributed by atoms with Crippen LogP contribution in [0.4, 0.5) is 5.69 Å². The summed E-state index contributed by atoms with van der Waals surface area (Å²) in [6.07, 6.45) is 0.753. The topological polar surface area (TPSA) is 112 Å². The molecule has 2 N–H and O–H groups in total. The number of aryl methyl sites for hydroxylation is 1. The van der Waals surface area contributed by atoms with Crippen LogP contribution in [0.5, 0.6) is 0 Å². The van der Waals surface area contributed by atoms with Crippen molar-refractivity contribution in [3.63, 3.8) is 0 Å². The zero-order valence-corrected chi connectivity index (χ0v) is 14.5. The summed E-state index contributed by atoms with van der Waals surface area (Å²) < 4.78 is 64.3. The SMILES string of the molecule is CCc1cccc(N(S(=O)(=O)O)S(=O)(=O)O)c1Cc1ccccc1. The molecule has 24 heavy (non-hydrogen) atoms. The first-order valence-corrected chi connectivity index (χ1v) is 9.84. The summed E-state index contributed by atoms with van der Waals surface area (Å²) in [6.45, 7) is 1.83. The van der Waals surface area contributed by atoms with E-state index in [1.165, 1.54) is 12.1 Å². The highest BCUT2D eigenvalue weighted by Crippen LogP contribution is 2.30. The minimum atomic E-state index is -5.22. The number of hydrogen-bond donors (Lipinski definition) is 2. The molecule has 0 atom stereocenters. The van der Waals surface area contributed by atoms with Gasteiger partial charge in [0.2, 0.25) is 0 Å². The van der Waals surface area contributed by atoms with Gasteiger partial charge in [0.1, 0.15) is 0 Å². The maximum atomic E-state index is 11.5. The third-order valence-corrected chi connectivity index (χ3v) is 5.83. The van der Waals surface area contributed by atoms with E-state index in [-0.39, 0.29) is 15.8 Å². The molecule has 2 rings (SSSR count). The number of hydrogen-bond acceptors (Lipinski definition) is 4. The van der Waals surface area contributed by atoms with Crippen molar-refractivity contribution in [3.05, 3.63) is 65.2 Å². The van der Waals surface area contributed by atoms with E-state index in [4.69, 9.17) is 0 Å². The van der Waals surface area contributed by atoms with Crippen LogP contribution in [0.3, 0.4) is 0 Å². The van der Waals surface area contributed by atoms with Crippen LogP contribution in [0, 0.1) is 0 Å². The lowest BCUT2D eigenvalue weighted by atomic mass is 9.97. The Hall–Kier alpha value is -1.94. The van der Waals surface area contributed by atoms with E-state index in [1.54, 1.807) is 30.3 Å². The summed E-state index contributed by atoms with van der Waals surface area (Å²) in [7, 11) is -10.4. The van der Waals surface area contributed by atoms with Gasteiger partial charge in [-0.2, -0.15) is 16.8 Å². The Morgan fingerprint density at radius 3 is 1.96 bits per heavy atom. The van der Waals surface area contributed by atoms with E-state index in [0.717, 1.165) is 5.56 Å². The average Bonchev–Trinajstić information content (AvgIpc) is 2.47. The first kappa shape index (κ1) is 18.4. The molecule has 0 fully saturated rings. The molecule has 0 saturated heterocycles. The molecule has 7 nitrogen and oxygen atoms in total. The fourth-order valence-corrected chi connectivity index (χ4v) is 4.29. The van der Waals surface area contributed by atoms with Crippen molar-refractivity contribution < 1.29 is 25.9 Å². The molecule has 9 heteroatoms. The van der Waals surface area contributed by atoms with Gasteiger partial charge in [0.05, 0.1) is 5.69 Å². The average molecular weight is 371 g/mol. The van der Waals surface area contributed by atoms with Crippen LogP contribution >= 0.6 is 0 Å². The lowest BCUT2D eigenvalue weighted by Crippen LogP contribution is -2.36. The lowest BCUT2D eigenvalue weighted by molar-refractivity contribution is 0.465. The molecular weight excluding hydrogens is 354 g/mol. The van der Waals surface area contributed by atoms with E-state index >= 15 is 0 Å². The van der Waals surface area contributed by atoms with Gasteiger partial charge in [-0.25, -0.2) is 0 Å².